The van der Waals surface area contributed by atoms with E-state index in [9.17, 15) is 18.0 Å². The second-order valence-electron chi connectivity index (χ2n) is 4.56. The van der Waals surface area contributed by atoms with Gasteiger partial charge in [0.05, 0.1) is 10.9 Å². The first-order valence-corrected chi connectivity index (χ1v) is 6.28. The van der Waals surface area contributed by atoms with Crippen LogP contribution >= 0.6 is 0 Å². The number of carbonyl (C=O) groups excluding carboxylic acids is 1. The van der Waals surface area contributed by atoms with Gasteiger partial charge < -0.3 is 9.84 Å². The molecule has 4 nitrogen and oxygen atoms in total. The van der Waals surface area contributed by atoms with Gasteiger partial charge in [0.1, 0.15) is 0 Å². The minimum atomic E-state index is -4.47. The molecule has 0 unspecified atom stereocenters. The van der Waals surface area contributed by atoms with E-state index in [1.165, 1.54) is 12.1 Å². The fourth-order valence-electron chi connectivity index (χ4n) is 2.01. The molecule has 3 rings (SSSR count). The number of hydrogen-bond donors (Lipinski definition) is 1. The van der Waals surface area contributed by atoms with Gasteiger partial charge in [-0.25, -0.2) is 0 Å². The molecular formula is C15H9F3N2O2. The van der Waals surface area contributed by atoms with E-state index in [4.69, 9.17) is 4.52 Å². The summed E-state index contributed by atoms with van der Waals surface area (Å²) in [6, 6.07) is 11.1. The van der Waals surface area contributed by atoms with Crippen molar-refractivity contribution in [1.82, 2.24) is 5.16 Å². The summed E-state index contributed by atoms with van der Waals surface area (Å²) >= 11 is 0. The van der Waals surface area contributed by atoms with E-state index in [-0.39, 0.29) is 11.4 Å². The second kappa shape index (κ2) is 5.18. The molecule has 0 aliphatic rings. The standard InChI is InChI=1S/C15H9F3N2O2/c16-15(17,18)9-4-3-5-10(8-9)19-14(21)13-11-6-1-2-7-12(11)22-20-13/h1-8H,(H,19,21). The van der Waals surface area contributed by atoms with E-state index in [0.717, 1.165) is 12.1 Å². The minimum Gasteiger partial charge on any atom is -0.355 e. The summed E-state index contributed by atoms with van der Waals surface area (Å²) in [6.45, 7) is 0. The number of amides is 1. The maximum Gasteiger partial charge on any atom is 0.416 e. The number of nitrogens with zero attached hydrogens (tertiary/aromatic N) is 1. The molecule has 0 fully saturated rings. The number of carbonyl (C=O) groups is 1. The fraction of sp³-hybridized carbons (Fsp3) is 0.0667. The van der Waals surface area contributed by atoms with Crippen molar-refractivity contribution >= 4 is 22.6 Å². The van der Waals surface area contributed by atoms with Crippen LogP contribution in [-0.2, 0) is 6.18 Å². The average Bonchev–Trinajstić information content (AvgIpc) is 2.90. The Morgan fingerprint density at radius 3 is 2.64 bits per heavy atom. The second-order valence-corrected chi connectivity index (χ2v) is 4.56. The predicted octanol–water partition coefficient (Wildman–Crippen LogP) is 4.10. The number of halogens is 3. The number of para-hydroxylation sites is 1. The summed E-state index contributed by atoms with van der Waals surface area (Å²) < 4.78 is 42.9. The number of benzene rings is 2. The van der Waals surface area contributed by atoms with Gasteiger partial charge in [-0.15, -0.1) is 0 Å². The lowest BCUT2D eigenvalue weighted by atomic mass is 10.1. The SMILES string of the molecule is O=C(Nc1cccc(C(F)(F)F)c1)c1noc2ccccc12. The fourth-order valence-corrected chi connectivity index (χ4v) is 2.01. The number of fused-ring (bicyclic) bond motifs is 1. The molecule has 112 valence electrons. The summed E-state index contributed by atoms with van der Waals surface area (Å²) in [6.07, 6.45) is -4.47. The summed E-state index contributed by atoms with van der Waals surface area (Å²) in [4.78, 5) is 12.1. The molecule has 0 aliphatic heterocycles. The van der Waals surface area contributed by atoms with Gasteiger partial charge in [0.25, 0.3) is 5.91 Å². The Hall–Kier alpha value is -2.83. The lowest BCUT2D eigenvalue weighted by Crippen LogP contribution is -2.13. The number of rotatable bonds is 2. The number of anilines is 1. The van der Waals surface area contributed by atoms with Crippen LogP contribution < -0.4 is 5.32 Å². The summed E-state index contributed by atoms with van der Waals surface area (Å²) in [5.41, 5.74) is -0.355. The Labute approximate surface area is 122 Å². The first-order chi connectivity index (χ1) is 10.4. The molecule has 0 radical (unpaired) electrons. The Morgan fingerprint density at radius 1 is 1.09 bits per heavy atom. The largest absolute Gasteiger partial charge is 0.416 e. The Bertz CT molecular complexity index is 840. The molecule has 7 heteroatoms. The zero-order chi connectivity index (χ0) is 15.7. The van der Waals surface area contributed by atoms with Crippen LogP contribution in [0.1, 0.15) is 16.1 Å². The maximum atomic E-state index is 12.6. The molecule has 22 heavy (non-hydrogen) atoms. The first kappa shape index (κ1) is 14.1. The summed E-state index contributed by atoms with van der Waals surface area (Å²) in [5.74, 6) is -0.635. The van der Waals surface area contributed by atoms with Crippen molar-refractivity contribution in [1.29, 1.82) is 0 Å². The van der Waals surface area contributed by atoms with Crippen LogP contribution in [0.3, 0.4) is 0 Å². The van der Waals surface area contributed by atoms with Crippen LogP contribution in [0, 0.1) is 0 Å². The number of nitrogens with one attached hydrogen (secondary N) is 1. The van der Waals surface area contributed by atoms with E-state index in [1.54, 1.807) is 24.3 Å². The number of hydrogen-bond acceptors (Lipinski definition) is 3. The van der Waals surface area contributed by atoms with E-state index in [1.807, 2.05) is 0 Å². The number of alkyl halides is 3. The van der Waals surface area contributed by atoms with Crippen molar-refractivity contribution in [3.8, 4) is 0 Å². The zero-order valence-electron chi connectivity index (χ0n) is 11.0. The Morgan fingerprint density at radius 2 is 1.86 bits per heavy atom. The van der Waals surface area contributed by atoms with Crippen LogP contribution in [0.2, 0.25) is 0 Å². The third-order valence-electron chi connectivity index (χ3n) is 3.04. The van der Waals surface area contributed by atoms with Crippen LogP contribution in [0.15, 0.2) is 53.1 Å². The van der Waals surface area contributed by atoms with Gasteiger partial charge in [0.2, 0.25) is 0 Å². The smallest absolute Gasteiger partial charge is 0.355 e. The van der Waals surface area contributed by atoms with Gasteiger partial charge in [0.15, 0.2) is 11.3 Å². The van der Waals surface area contributed by atoms with Crippen LogP contribution in [0.5, 0.6) is 0 Å². The predicted molar refractivity (Wildman–Crippen MR) is 73.4 cm³/mol. The van der Waals surface area contributed by atoms with Crippen molar-refractivity contribution in [2.75, 3.05) is 5.32 Å². The highest BCUT2D eigenvalue weighted by Crippen LogP contribution is 2.30. The van der Waals surface area contributed by atoms with Crippen LogP contribution in [0.25, 0.3) is 11.0 Å². The van der Waals surface area contributed by atoms with Crippen molar-refractivity contribution in [3.05, 3.63) is 59.8 Å². The van der Waals surface area contributed by atoms with Gasteiger partial charge in [-0.1, -0.05) is 23.4 Å². The highest BCUT2D eigenvalue weighted by Gasteiger charge is 2.30. The Balaban J connectivity index is 1.89. The molecule has 0 spiro atoms. The highest BCUT2D eigenvalue weighted by atomic mass is 19.4. The molecule has 3 aromatic rings. The lowest BCUT2D eigenvalue weighted by molar-refractivity contribution is -0.137. The highest BCUT2D eigenvalue weighted by molar-refractivity contribution is 6.10. The molecule has 2 aromatic carbocycles. The van der Waals surface area contributed by atoms with Crippen molar-refractivity contribution in [2.45, 2.75) is 6.18 Å². The molecule has 1 aromatic heterocycles. The maximum absolute atomic E-state index is 12.6. The number of aromatic nitrogens is 1. The van der Waals surface area contributed by atoms with Gasteiger partial charge >= 0.3 is 6.18 Å². The Kier molecular flexibility index (Phi) is 3.32. The van der Waals surface area contributed by atoms with Crippen molar-refractivity contribution in [2.24, 2.45) is 0 Å². The van der Waals surface area contributed by atoms with Crippen molar-refractivity contribution < 1.29 is 22.5 Å². The van der Waals surface area contributed by atoms with Gasteiger partial charge in [0, 0.05) is 5.69 Å². The lowest BCUT2D eigenvalue weighted by Gasteiger charge is -2.09. The van der Waals surface area contributed by atoms with E-state index in [2.05, 4.69) is 10.5 Å². The minimum absolute atomic E-state index is 0.0213. The van der Waals surface area contributed by atoms with E-state index < -0.39 is 17.6 Å². The molecule has 0 saturated heterocycles. The molecule has 1 N–H and O–H groups in total. The zero-order valence-corrected chi connectivity index (χ0v) is 11.0. The molecule has 1 heterocycles. The molecular weight excluding hydrogens is 297 g/mol. The molecule has 0 saturated carbocycles. The normalized spacial score (nSPS) is 11.6. The molecule has 0 bridgehead atoms. The summed E-state index contributed by atoms with van der Waals surface area (Å²) in [7, 11) is 0. The average molecular weight is 306 g/mol. The van der Waals surface area contributed by atoms with Crippen molar-refractivity contribution in [3.63, 3.8) is 0 Å². The molecule has 0 aliphatic carbocycles. The van der Waals surface area contributed by atoms with Crippen LogP contribution in [-0.4, -0.2) is 11.1 Å². The topological polar surface area (TPSA) is 55.1 Å². The first-order valence-electron chi connectivity index (χ1n) is 6.28. The molecule has 0 atom stereocenters. The third kappa shape index (κ3) is 2.65. The monoisotopic (exact) mass is 306 g/mol. The summed E-state index contributed by atoms with van der Waals surface area (Å²) in [5, 5.41) is 6.53. The molecule has 1 amide bonds. The van der Waals surface area contributed by atoms with Crippen LogP contribution in [0.4, 0.5) is 18.9 Å². The van der Waals surface area contributed by atoms with Gasteiger partial charge in [-0.2, -0.15) is 13.2 Å². The quantitative estimate of drug-likeness (QED) is 0.775. The third-order valence-corrected chi connectivity index (χ3v) is 3.04. The van der Waals surface area contributed by atoms with E-state index >= 15 is 0 Å². The van der Waals surface area contributed by atoms with Gasteiger partial charge in [-0.05, 0) is 30.3 Å². The van der Waals surface area contributed by atoms with Gasteiger partial charge in [-0.3, -0.25) is 4.79 Å². The van der Waals surface area contributed by atoms with E-state index in [0.29, 0.717) is 11.0 Å².